The van der Waals surface area contributed by atoms with Gasteiger partial charge >= 0.3 is 0 Å². The third-order valence-corrected chi connectivity index (χ3v) is 2.63. The van der Waals surface area contributed by atoms with Gasteiger partial charge in [0.05, 0.1) is 19.8 Å². The average Bonchev–Trinajstić information content (AvgIpc) is 2.35. The van der Waals surface area contributed by atoms with E-state index in [0.717, 1.165) is 6.42 Å². The van der Waals surface area contributed by atoms with Crippen molar-refractivity contribution < 1.29 is 14.9 Å². The van der Waals surface area contributed by atoms with Gasteiger partial charge in [0.15, 0.2) is 0 Å². The number of aliphatic hydroxyl groups is 2. The summed E-state index contributed by atoms with van der Waals surface area (Å²) in [6.45, 7) is 2.72. The van der Waals surface area contributed by atoms with Crippen molar-refractivity contribution in [1.82, 2.24) is 0 Å². The highest BCUT2D eigenvalue weighted by Crippen LogP contribution is 2.06. The molecule has 3 nitrogen and oxygen atoms in total. The van der Waals surface area contributed by atoms with Crippen LogP contribution >= 0.6 is 0 Å². The molecule has 2 N–H and O–H groups in total. The molecule has 1 atom stereocenters. The first-order chi connectivity index (χ1) is 8.31. The summed E-state index contributed by atoms with van der Waals surface area (Å²) >= 11 is 0. The fourth-order valence-electron chi connectivity index (χ4n) is 1.55. The molecule has 17 heavy (non-hydrogen) atoms. The van der Waals surface area contributed by atoms with Crippen molar-refractivity contribution in [2.75, 3.05) is 19.8 Å². The van der Waals surface area contributed by atoms with Gasteiger partial charge in [0.25, 0.3) is 0 Å². The molecule has 0 bridgehead atoms. The Morgan fingerprint density at radius 2 is 1.76 bits per heavy atom. The zero-order chi connectivity index (χ0) is 12.8. The Morgan fingerprint density at radius 1 is 1.06 bits per heavy atom. The topological polar surface area (TPSA) is 49.7 Å². The molecule has 0 aliphatic carbocycles. The molecule has 0 rings (SSSR count). The molecular weight excluding hydrogens is 216 g/mol. The van der Waals surface area contributed by atoms with Crippen LogP contribution in [0.1, 0.15) is 51.9 Å². The molecule has 0 spiro atoms. The lowest BCUT2D eigenvalue weighted by Gasteiger charge is -2.05. The summed E-state index contributed by atoms with van der Waals surface area (Å²) in [5.41, 5.74) is 0. The zero-order valence-corrected chi connectivity index (χ0v) is 11.1. The van der Waals surface area contributed by atoms with Gasteiger partial charge in [0.2, 0.25) is 0 Å². The first-order valence-electron chi connectivity index (χ1n) is 6.83. The van der Waals surface area contributed by atoms with Gasteiger partial charge in [-0.25, -0.2) is 0 Å². The summed E-state index contributed by atoms with van der Waals surface area (Å²) in [6.07, 6.45) is 12.4. The molecule has 3 heteroatoms. The Balaban J connectivity index is 3.09. The van der Waals surface area contributed by atoms with Crippen LogP contribution in [0.15, 0.2) is 12.2 Å². The van der Waals surface area contributed by atoms with Crippen LogP contribution in [0.3, 0.4) is 0 Å². The largest absolute Gasteiger partial charge is 0.394 e. The van der Waals surface area contributed by atoms with E-state index < -0.39 is 6.10 Å². The fraction of sp³-hybridized carbons (Fsp3) is 0.857. The van der Waals surface area contributed by atoms with Crippen LogP contribution in [0.4, 0.5) is 0 Å². The van der Waals surface area contributed by atoms with E-state index in [1.54, 1.807) is 0 Å². The monoisotopic (exact) mass is 244 g/mol. The Labute approximate surface area is 105 Å². The number of unbranched alkanes of at least 4 members (excludes halogenated alkanes) is 6. The molecule has 0 saturated carbocycles. The van der Waals surface area contributed by atoms with E-state index in [2.05, 4.69) is 13.0 Å². The number of aliphatic hydroxyl groups excluding tert-OH is 2. The Hall–Kier alpha value is -0.380. The van der Waals surface area contributed by atoms with E-state index in [9.17, 15) is 0 Å². The van der Waals surface area contributed by atoms with E-state index in [0.29, 0.717) is 6.61 Å². The highest BCUT2D eigenvalue weighted by Gasteiger charge is 1.99. The Kier molecular flexibility index (Phi) is 13.4. The minimum atomic E-state index is -0.748. The molecule has 0 amide bonds. The van der Waals surface area contributed by atoms with Crippen molar-refractivity contribution in [2.24, 2.45) is 0 Å². The van der Waals surface area contributed by atoms with Crippen LogP contribution < -0.4 is 0 Å². The number of allylic oxidation sites excluding steroid dienone is 1. The van der Waals surface area contributed by atoms with Crippen LogP contribution in [0.2, 0.25) is 0 Å². The highest BCUT2D eigenvalue weighted by atomic mass is 16.5. The van der Waals surface area contributed by atoms with Gasteiger partial charge in [-0.1, -0.05) is 51.2 Å². The van der Waals surface area contributed by atoms with Crippen LogP contribution in [-0.4, -0.2) is 36.1 Å². The van der Waals surface area contributed by atoms with Crippen LogP contribution in [0.25, 0.3) is 0 Å². The van der Waals surface area contributed by atoms with Crippen molar-refractivity contribution in [1.29, 1.82) is 0 Å². The lowest BCUT2D eigenvalue weighted by Crippen LogP contribution is -2.19. The number of hydrogen-bond donors (Lipinski definition) is 2. The van der Waals surface area contributed by atoms with E-state index in [4.69, 9.17) is 14.9 Å². The summed E-state index contributed by atoms with van der Waals surface area (Å²) < 4.78 is 5.15. The summed E-state index contributed by atoms with van der Waals surface area (Å²) in [4.78, 5) is 0. The quantitative estimate of drug-likeness (QED) is 0.410. The Morgan fingerprint density at radius 3 is 2.47 bits per heavy atom. The van der Waals surface area contributed by atoms with E-state index >= 15 is 0 Å². The van der Waals surface area contributed by atoms with Crippen molar-refractivity contribution in [3.63, 3.8) is 0 Å². The standard InChI is InChI=1S/C14H28O3/c1-2-3-4-5-6-7-8-9-10-11-17-13-14(16)12-15/h9-10,14-16H,2-8,11-13H2,1H3. The number of hydrogen-bond acceptors (Lipinski definition) is 3. The maximum atomic E-state index is 9.00. The van der Waals surface area contributed by atoms with Gasteiger partial charge in [0.1, 0.15) is 6.10 Å². The molecule has 0 radical (unpaired) electrons. The fourth-order valence-corrected chi connectivity index (χ4v) is 1.55. The van der Waals surface area contributed by atoms with Gasteiger partial charge in [-0.15, -0.1) is 0 Å². The van der Waals surface area contributed by atoms with E-state index in [1.165, 1.54) is 38.5 Å². The molecule has 0 aliphatic rings. The molecule has 0 saturated heterocycles. The molecule has 0 aromatic heterocycles. The predicted molar refractivity (Wildman–Crippen MR) is 71.0 cm³/mol. The second-order valence-electron chi connectivity index (χ2n) is 4.40. The molecule has 0 heterocycles. The number of ether oxygens (including phenoxy) is 1. The average molecular weight is 244 g/mol. The molecule has 0 fully saturated rings. The Bertz CT molecular complexity index is 169. The lowest BCUT2D eigenvalue weighted by molar-refractivity contribution is 0.0149. The molecule has 0 aliphatic heterocycles. The second-order valence-corrected chi connectivity index (χ2v) is 4.40. The van der Waals surface area contributed by atoms with E-state index in [-0.39, 0.29) is 13.2 Å². The van der Waals surface area contributed by atoms with Gasteiger partial charge in [-0.3, -0.25) is 0 Å². The summed E-state index contributed by atoms with van der Waals surface area (Å²) in [5.74, 6) is 0. The van der Waals surface area contributed by atoms with Gasteiger partial charge in [-0.2, -0.15) is 0 Å². The van der Waals surface area contributed by atoms with Crippen LogP contribution in [0, 0.1) is 0 Å². The number of rotatable bonds is 12. The summed E-state index contributed by atoms with van der Waals surface area (Å²) in [6, 6.07) is 0. The maximum Gasteiger partial charge on any atom is 0.100 e. The van der Waals surface area contributed by atoms with Crippen molar-refractivity contribution in [3.8, 4) is 0 Å². The molecule has 102 valence electrons. The van der Waals surface area contributed by atoms with Crippen molar-refractivity contribution in [2.45, 2.75) is 58.0 Å². The first kappa shape index (κ1) is 16.6. The maximum absolute atomic E-state index is 9.00. The third kappa shape index (κ3) is 13.6. The zero-order valence-electron chi connectivity index (χ0n) is 11.1. The first-order valence-corrected chi connectivity index (χ1v) is 6.83. The van der Waals surface area contributed by atoms with Gasteiger partial charge < -0.3 is 14.9 Å². The molecule has 1 unspecified atom stereocenters. The minimum absolute atomic E-state index is 0.206. The van der Waals surface area contributed by atoms with Crippen molar-refractivity contribution >= 4 is 0 Å². The SMILES string of the molecule is CCCCCCCCC=CCOCC(O)CO. The second kappa shape index (κ2) is 13.7. The van der Waals surface area contributed by atoms with Gasteiger partial charge in [0, 0.05) is 0 Å². The summed E-state index contributed by atoms with van der Waals surface area (Å²) in [7, 11) is 0. The molecule has 0 aromatic rings. The van der Waals surface area contributed by atoms with E-state index in [1.807, 2.05) is 6.08 Å². The van der Waals surface area contributed by atoms with Gasteiger partial charge in [-0.05, 0) is 12.8 Å². The predicted octanol–water partition coefficient (Wildman–Crippen LogP) is 2.66. The third-order valence-electron chi connectivity index (χ3n) is 2.63. The minimum Gasteiger partial charge on any atom is -0.394 e. The smallest absolute Gasteiger partial charge is 0.100 e. The highest BCUT2D eigenvalue weighted by molar-refractivity contribution is 4.81. The van der Waals surface area contributed by atoms with Crippen LogP contribution in [-0.2, 0) is 4.74 Å². The lowest BCUT2D eigenvalue weighted by atomic mass is 10.1. The van der Waals surface area contributed by atoms with Crippen LogP contribution in [0.5, 0.6) is 0 Å². The summed E-state index contributed by atoms with van der Waals surface area (Å²) in [5, 5.41) is 17.6. The van der Waals surface area contributed by atoms with Crippen molar-refractivity contribution in [3.05, 3.63) is 12.2 Å². The molecular formula is C14H28O3. The molecule has 0 aromatic carbocycles. The normalized spacial score (nSPS) is 13.4.